The Morgan fingerprint density at radius 3 is 1.17 bits per heavy atom. The molecule has 0 saturated carbocycles. The van der Waals surface area contributed by atoms with Gasteiger partial charge in [-0.2, -0.15) is 0 Å². The Bertz CT molecular complexity index is 488. The summed E-state index contributed by atoms with van der Waals surface area (Å²) >= 11 is 0. The highest BCUT2D eigenvalue weighted by Gasteiger charge is 2.34. The van der Waals surface area contributed by atoms with Crippen LogP contribution in [0.3, 0.4) is 0 Å². The SMILES string of the molecule is CCCCCCCCCCCCC(C(=O)O)C(CCCCCCCCCCCC)C(=O)OC(C)C. The van der Waals surface area contributed by atoms with E-state index in [-0.39, 0.29) is 12.1 Å². The van der Waals surface area contributed by atoms with Crippen molar-refractivity contribution in [2.24, 2.45) is 11.8 Å². The number of ether oxygens (including phenoxy) is 1. The Morgan fingerprint density at radius 2 is 0.857 bits per heavy atom. The van der Waals surface area contributed by atoms with Crippen molar-refractivity contribution in [3.63, 3.8) is 0 Å². The number of hydrogen-bond donors (Lipinski definition) is 1. The predicted octanol–water partition coefficient (Wildman–Crippen LogP) is 9.88. The molecule has 0 rings (SSSR count). The number of carboxylic acids is 1. The van der Waals surface area contributed by atoms with Crippen molar-refractivity contribution in [3.8, 4) is 0 Å². The lowest BCUT2D eigenvalue weighted by Gasteiger charge is -2.24. The van der Waals surface area contributed by atoms with Crippen LogP contribution in [0.5, 0.6) is 0 Å². The van der Waals surface area contributed by atoms with E-state index in [1.54, 1.807) is 0 Å². The predicted molar refractivity (Wildman–Crippen MR) is 149 cm³/mol. The molecule has 2 unspecified atom stereocenters. The number of esters is 1. The van der Waals surface area contributed by atoms with Gasteiger partial charge in [-0.1, -0.05) is 142 Å². The second-order valence-electron chi connectivity index (χ2n) is 11.0. The van der Waals surface area contributed by atoms with Crippen LogP contribution >= 0.6 is 0 Å². The van der Waals surface area contributed by atoms with E-state index in [4.69, 9.17) is 4.74 Å². The first-order chi connectivity index (χ1) is 16.9. The zero-order chi connectivity index (χ0) is 26.2. The van der Waals surface area contributed by atoms with E-state index in [9.17, 15) is 14.7 Å². The third-order valence-corrected chi connectivity index (χ3v) is 7.19. The fourth-order valence-corrected chi connectivity index (χ4v) is 5.00. The molecule has 0 bridgehead atoms. The maximum absolute atomic E-state index is 12.8. The topological polar surface area (TPSA) is 63.6 Å². The van der Waals surface area contributed by atoms with E-state index in [0.717, 1.165) is 25.7 Å². The van der Waals surface area contributed by atoms with Crippen LogP contribution in [0, 0.1) is 11.8 Å². The van der Waals surface area contributed by atoms with Crippen molar-refractivity contribution in [2.45, 2.75) is 175 Å². The zero-order valence-electron chi connectivity index (χ0n) is 24.0. The van der Waals surface area contributed by atoms with E-state index in [0.29, 0.717) is 12.8 Å². The Balaban J connectivity index is 4.35. The van der Waals surface area contributed by atoms with Crippen LogP contribution in [0.4, 0.5) is 0 Å². The fraction of sp³-hybridized carbons (Fsp3) is 0.935. The molecule has 0 aromatic heterocycles. The third kappa shape index (κ3) is 20.8. The molecule has 0 aliphatic carbocycles. The van der Waals surface area contributed by atoms with Gasteiger partial charge in [0.2, 0.25) is 0 Å². The molecule has 0 aromatic carbocycles. The minimum absolute atomic E-state index is 0.204. The summed E-state index contributed by atoms with van der Waals surface area (Å²) in [6, 6.07) is 0. The van der Waals surface area contributed by atoms with Crippen LogP contribution < -0.4 is 0 Å². The van der Waals surface area contributed by atoms with E-state index in [1.165, 1.54) is 103 Å². The van der Waals surface area contributed by atoms with E-state index < -0.39 is 17.8 Å². The summed E-state index contributed by atoms with van der Waals surface area (Å²) in [5, 5.41) is 9.92. The van der Waals surface area contributed by atoms with Gasteiger partial charge in [-0.3, -0.25) is 9.59 Å². The summed E-state index contributed by atoms with van der Waals surface area (Å²) in [4.78, 5) is 24.9. The van der Waals surface area contributed by atoms with Crippen LogP contribution in [0.15, 0.2) is 0 Å². The zero-order valence-corrected chi connectivity index (χ0v) is 24.0. The van der Waals surface area contributed by atoms with Gasteiger partial charge in [0, 0.05) is 0 Å². The molecular formula is C31H60O4. The number of hydrogen-bond acceptors (Lipinski definition) is 3. The molecule has 0 aliphatic rings. The van der Waals surface area contributed by atoms with Crippen LogP contribution in [-0.4, -0.2) is 23.1 Å². The molecule has 1 N–H and O–H groups in total. The molecular weight excluding hydrogens is 436 g/mol. The molecule has 0 aromatic rings. The standard InChI is InChI=1S/C31H60O4/c1-5-7-9-11-13-15-17-19-21-23-25-28(30(32)33)29(31(34)35-27(3)4)26-24-22-20-18-16-14-12-10-8-6-2/h27-29H,5-26H2,1-4H3,(H,32,33). The van der Waals surface area contributed by atoms with Crippen LogP contribution in [0.25, 0.3) is 0 Å². The molecule has 4 heteroatoms. The summed E-state index contributed by atoms with van der Waals surface area (Å²) in [7, 11) is 0. The Hall–Kier alpha value is -1.06. The molecule has 0 amide bonds. The van der Waals surface area contributed by atoms with Crippen molar-refractivity contribution in [1.29, 1.82) is 0 Å². The second-order valence-corrected chi connectivity index (χ2v) is 11.0. The average molecular weight is 497 g/mol. The normalized spacial score (nSPS) is 13.2. The van der Waals surface area contributed by atoms with Crippen molar-refractivity contribution < 1.29 is 19.4 Å². The highest BCUT2D eigenvalue weighted by atomic mass is 16.5. The lowest BCUT2D eigenvalue weighted by atomic mass is 9.83. The van der Waals surface area contributed by atoms with Gasteiger partial charge in [-0.25, -0.2) is 0 Å². The Kier molecular flexibility index (Phi) is 23.9. The van der Waals surface area contributed by atoms with Crippen LogP contribution in [0.1, 0.15) is 169 Å². The first-order valence-corrected chi connectivity index (χ1v) is 15.4. The molecule has 0 spiro atoms. The highest BCUT2D eigenvalue weighted by Crippen LogP contribution is 2.27. The average Bonchev–Trinajstić information content (AvgIpc) is 2.81. The first kappa shape index (κ1) is 33.9. The number of carboxylic acid groups (broad SMARTS) is 1. The number of rotatable bonds is 26. The molecule has 208 valence electrons. The van der Waals surface area contributed by atoms with Gasteiger partial charge < -0.3 is 9.84 Å². The van der Waals surface area contributed by atoms with Gasteiger partial charge in [0.25, 0.3) is 0 Å². The van der Waals surface area contributed by atoms with Crippen molar-refractivity contribution >= 4 is 11.9 Å². The number of carbonyl (C=O) groups is 2. The monoisotopic (exact) mass is 496 g/mol. The highest BCUT2D eigenvalue weighted by molar-refractivity contribution is 5.81. The lowest BCUT2D eigenvalue weighted by Crippen LogP contribution is -2.32. The number of aliphatic carboxylic acids is 1. The number of carbonyl (C=O) groups excluding carboxylic acids is 1. The quantitative estimate of drug-likeness (QED) is 0.0955. The van der Waals surface area contributed by atoms with Crippen molar-refractivity contribution in [1.82, 2.24) is 0 Å². The van der Waals surface area contributed by atoms with Gasteiger partial charge >= 0.3 is 11.9 Å². The second kappa shape index (κ2) is 24.6. The van der Waals surface area contributed by atoms with Gasteiger partial charge in [0.1, 0.15) is 0 Å². The molecule has 2 atom stereocenters. The molecule has 0 aliphatic heterocycles. The van der Waals surface area contributed by atoms with Gasteiger partial charge in [-0.05, 0) is 26.7 Å². The maximum atomic E-state index is 12.8. The summed E-state index contributed by atoms with van der Waals surface area (Å²) in [5.74, 6) is -2.27. The van der Waals surface area contributed by atoms with Crippen LogP contribution in [0.2, 0.25) is 0 Å². The van der Waals surface area contributed by atoms with Gasteiger partial charge in [0.15, 0.2) is 0 Å². The van der Waals surface area contributed by atoms with Crippen molar-refractivity contribution in [2.75, 3.05) is 0 Å². The van der Waals surface area contributed by atoms with Crippen molar-refractivity contribution in [3.05, 3.63) is 0 Å². The summed E-state index contributed by atoms with van der Waals surface area (Å²) < 4.78 is 5.48. The summed E-state index contributed by atoms with van der Waals surface area (Å²) in [5.41, 5.74) is 0. The molecule has 4 nitrogen and oxygen atoms in total. The van der Waals surface area contributed by atoms with Crippen LogP contribution in [-0.2, 0) is 14.3 Å². The van der Waals surface area contributed by atoms with Gasteiger partial charge in [-0.15, -0.1) is 0 Å². The minimum Gasteiger partial charge on any atom is -0.481 e. The minimum atomic E-state index is -0.835. The Labute approximate surface area is 218 Å². The smallest absolute Gasteiger partial charge is 0.310 e. The largest absolute Gasteiger partial charge is 0.481 e. The number of unbranched alkanes of at least 4 members (excludes halogenated alkanes) is 18. The summed E-state index contributed by atoms with van der Waals surface area (Å²) in [6.45, 7) is 8.17. The van der Waals surface area contributed by atoms with E-state index in [1.807, 2.05) is 13.8 Å². The van der Waals surface area contributed by atoms with E-state index >= 15 is 0 Å². The summed E-state index contributed by atoms with van der Waals surface area (Å²) in [6.07, 6.45) is 25.6. The third-order valence-electron chi connectivity index (χ3n) is 7.19. The lowest BCUT2D eigenvalue weighted by molar-refractivity contribution is -0.161. The molecule has 0 saturated heterocycles. The molecule has 35 heavy (non-hydrogen) atoms. The molecule has 0 heterocycles. The van der Waals surface area contributed by atoms with Gasteiger partial charge in [0.05, 0.1) is 17.9 Å². The maximum Gasteiger partial charge on any atom is 0.310 e. The Morgan fingerprint density at radius 1 is 0.543 bits per heavy atom. The first-order valence-electron chi connectivity index (χ1n) is 15.4. The molecule has 0 fully saturated rings. The van der Waals surface area contributed by atoms with E-state index in [2.05, 4.69) is 13.8 Å². The fourth-order valence-electron chi connectivity index (χ4n) is 5.00. The molecule has 0 radical (unpaired) electrons.